The summed E-state index contributed by atoms with van der Waals surface area (Å²) in [6.07, 6.45) is 3.26. The predicted octanol–water partition coefficient (Wildman–Crippen LogP) is 4.19. The molecule has 2 heterocycles. The standard InChI is InChI=1S/C20H30N2O5S/c1-6-25-18(23)16-17(21-12(2)28-16)26-14-7-8-15-13(11-14)9-10-22(15)19(24)27-20(3,4)5/h13-15H,6-11H2,1-5H3/t13-,14-,15+/m1/s1. The van der Waals surface area contributed by atoms with Gasteiger partial charge in [0.05, 0.1) is 11.6 Å². The largest absolute Gasteiger partial charge is 0.473 e. The van der Waals surface area contributed by atoms with E-state index in [9.17, 15) is 9.59 Å². The Morgan fingerprint density at radius 3 is 2.68 bits per heavy atom. The predicted molar refractivity (Wildman–Crippen MR) is 106 cm³/mol. The van der Waals surface area contributed by atoms with Crippen molar-refractivity contribution in [1.29, 1.82) is 0 Å². The van der Waals surface area contributed by atoms with E-state index in [0.29, 0.717) is 23.3 Å². The van der Waals surface area contributed by atoms with Crippen LogP contribution in [0.15, 0.2) is 0 Å². The van der Waals surface area contributed by atoms with E-state index >= 15 is 0 Å². The van der Waals surface area contributed by atoms with E-state index in [1.165, 1.54) is 11.3 Å². The number of carbonyl (C=O) groups excluding carboxylic acids is 2. The monoisotopic (exact) mass is 410 g/mol. The third-order valence-corrected chi connectivity index (χ3v) is 6.04. The molecule has 1 aliphatic heterocycles. The van der Waals surface area contributed by atoms with E-state index in [1.54, 1.807) is 6.92 Å². The number of hydrogen-bond donors (Lipinski definition) is 0. The van der Waals surface area contributed by atoms with Crippen molar-refractivity contribution in [2.45, 2.75) is 78.0 Å². The molecule has 1 aromatic rings. The molecule has 1 aromatic heterocycles. The average Bonchev–Trinajstić information content (AvgIpc) is 3.16. The van der Waals surface area contributed by atoms with Gasteiger partial charge in [0, 0.05) is 12.6 Å². The highest BCUT2D eigenvalue weighted by Crippen LogP contribution is 2.39. The molecule has 2 fully saturated rings. The Morgan fingerprint density at radius 1 is 1.25 bits per heavy atom. The summed E-state index contributed by atoms with van der Waals surface area (Å²) in [5, 5.41) is 0.781. The van der Waals surface area contributed by atoms with E-state index < -0.39 is 5.60 Å². The molecule has 1 saturated heterocycles. The SMILES string of the molecule is CCOC(=O)c1sc(C)nc1O[C@@H]1CC[C@H]2[C@H](CCN2C(=O)OC(C)(C)C)C1. The van der Waals surface area contributed by atoms with Crippen LogP contribution in [0.2, 0.25) is 0 Å². The Balaban J connectivity index is 1.62. The van der Waals surface area contributed by atoms with Crippen LogP contribution in [0.1, 0.15) is 68.1 Å². The lowest BCUT2D eigenvalue weighted by Crippen LogP contribution is -2.44. The van der Waals surface area contributed by atoms with E-state index in [2.05, 4.69) is 4.98 Å². The van der Waals surface area contributed by atoms with Crippen LogP contribution >= 0.6 is 11.3 Å². The lowest BCUT2D eigenvalue weighted by atomic mass is 9.83. The summed E-state index contributed by atoms with van der Waals surface area (Å²) in [7, 11) is 0. The van der Waals surface area contributed by atoms with Crippen molar-refractivity contribution in [2.24, 2.45) is 5.92 Å². The average molecular weight is 411 g/mol. The maximum absolute atomic E-state index is 12.5. The number of aromatic nitrogens is 1. The molecule has 156 valence electrons. The van der Waals surface area contributed by atoms with Crippen molar-refractivity contribution >= 4 is 23.4 Å². The lowest BCUT2D eigenvalue weighted by molar-refractivity contribution is 0.0122. The van der Waals surface area contributed by atoms with Crippen molar-refractivity contribution in [3.63, 3.8) is 0 Å². The number of amides is 1. The summed E-state index contributed by atoms with van der Waals surface area (Å²) in [5.74, 6) is 0.386. The van der Waals surface area contributed by atoms with Crippen molar-refractivity contribution < 1.29 is 23.8 Å². The molecule has 2 aliphatic rings. The smallest absolute Gasteiger partial charge is 0.410 e. The first-order valence-corrected chi connectivity index (χ1v) is 10.8. The van der Waals surface area contributed by atoms with Crippen LogP contribution in [0, 0.1) is 12.8 Å². The third-order valence-electron chi connectivity index (χ3n) is 5.11. The maximum Gasteiger partial charge on any atom is 0.410 e. The molecule has 1 amide bonds. The van der Waals surface area contributed by atoms with Gasteiger partial charge in [-0.25, -0.2) is 14.6 Å². The number of esters is 1. The fourth-order valence-electron chi connectivity index (χ4n) is 4.02. The van der Waals surface area contributed by atoms with Crippen molar-refractivity contribution in [3.8, 4) is 5.88 Å². The number of ether oxygens (including phenoxy) is 3. The molecule has 0 unspecified atom stereocenters. The highest BCUT2D eigenvalue weighted by atomic mass is 32.1. The number of rotatable bonds is 4. The molecule has 0 aromatic carbocycles. The zero-order valence-electron chi connectivity index (χ0n) is 17.3. The molecule has 0 bridgehead atoms. The normalized spacial score (nSPS) is 24.6. The molecular weight excluding hydrogens is 380 g/mol. The Bertz CT molecular complexity index is 727. The van der Waals surface area contributed by atoms with E-state index in [0.717, 1.165) is 37.2 Å². The number of nitrogens with zero attached hydrogens (tertiary/aromatic N) is 2. The number of likely N-dealkylation sites (tertiary alicyclic amines) is 1. The topological polar surface area (TPSA) is 78.0 Å². The first kappa shape index (κ1) is 20.9. The van der Waals surface area contributed by atoms with Gasteiger partial charge in [-0.3, -0.25) is 0 Å². The van der Waals surface area contributed by atoms with Crippen LogP contribution in [-0.4, -0.2) is 52.8 Å². The summed E-state index contributed by atoms with van der Waals surface area (Å²) >= 11 is 1.30. The summed E-state index contributed by atoms with van der Waals surface area (Å²) in [5.41, 5.74) is -0.485. The lowest BCUT2D eigenvalue weighted by Gasteiger charge is -2.36. The highest BCUT2D eigenvalue weighted by molar-refractivity contribution is 7.13. The number of fused-ring (bicyclic) bond motifs is 1. The minimum absolute atomic E-state index is 0.00508. The molecule has 3 atom stereocenters. The molecule has 28 heavy (non-hydrogen) atoms. The minimum atomic E-state index is -0.485. The second-order valence-corrected chi connectivity index (χ2v) is 9.63. The van der Waals surface area contributed by atoms with E-state index in [-0.39, 0.29) is 24.2 Å². The van der Waals surface area contributed by atoms with Gasteiger partial charge in [0.1, 0.15) is 11.7 Å². The van der Waals surface area contributed by atoms with Crippen LogP contribution < -0.4 is 4.74 Å². The maximum atomic E-state index is 12.5. The molecule has 0 radical (unpaired) electrons. The Hall–Kier alpha value is -1.83. The van der Waals surface area contributed by atoms with Crippen molar-refractivity contribution in [1.82, 2.24) is 9.88 Å². The van der Waals surface area contributed by atoms with Crippen LogP contribution in [0.4, 0.5) is 4.79 Å². The van der Waals surface area contributed by atoms with Crippen molar-refractivity contribution in [3.05, 3.63) is 9.88 Å². The first-order chi connectivity index (χ1) is 13.2. The molecular formula is C20H30N2O5S. The van der Waals surface area contributed by atoms with Gasteiger partial charge < -0.3 is 19.1 Å². The third kappa shape index (κ3) is 4.77. The summed E-state index contributed by atoms with van der Waals surface area (Å²) in [6, 6.07) is 0.205. The minimum Gasteiger partial charge on any atom is -0.473 e. The summed E-state index contributed by atoms with van der Waals surface area (Å²) < 4.78 is 16.8. The van der Waals surface area contributed by atoms with E-state index in [1.807, 2.05) is 32.6 Å². The van der Waals surface area contributed by atoms with Crippen LogP contribution in [-0.2, 0) is 9.47 Å². The van der Waals surface area contributed by atoms with Gasteiger partial charge in [-0.2, -0.15) is 0 Å². The summed E-state index contributed by atoms with van der Waals surface area (Å²) in [6.45, 7) is 10.3. The van der Waals surface area contributed by atoms with Gasteiger partial charge in [-0.05, 0) is 66.2 Å². The van der Waals surface area contributed by atoms with Crippen LogP contribution in [0.3, 0.4) is 0 Å². The van der Waals surface area contributed by atoms with Gasteiger partial charge in [-0.1, -0.05) is 0 Å². The number of thiazole rings is 1. The van der Waals surface area contributed by atoms with Gasteiger partial charge in [0.25, 0.3) is 0 Å². The quantitative estimate of drug-likeness (QED) is 0.693. The van der Waals surface area contributed by atoms with Gasteiger partial charge in [0.15, 0.2) is 4.88 Å². The van der Waals surface area contributed by atoms with Gasteiger partial charge >= 0.3 is 12.1 Å². The molecule has 1 aliphatic carbocycles. The second-order valence-electron chi connectivity index (χ2n) is 8.43. The van der Waals surface area contributed by atoms with Crippen LogP contribution in [0.25, 0.3) is 0 Å². The Morgan fingerprint density at radius 2 is 2.00 bits per heavy atom. The molecule has 7 nitrogen and oxygen atoms in total. The fraction of sp³-hybridized carbons (Fsp3) is 0.750. The first-order valence-electron chi connectivity index (χ1n) is 9.98. The molecule has 0 spiro atoms. The Labute approximate surface area is 170 Å². The number of hydrogen-bond acceptors (Lipinski definition) is 7. The zero-order valence-corrected chi connectivity index (χ0v) is 18.1. The van der Waals surface area contributed by atoms with Crippen LogP contribution in [0.5, 0.6) is 5.88 Å². The number of aryl methyl sites for hydroxylation is 1. The molecule has 8 heteroatoms. The van der Waals surface area contributed by atoms with Gasteiger partial charge in [-0.15, -0.1) is 11.3 Å². The van der Waals surface area contributed by atoms with Gasteiger partial charge in [0.2, 0.25) is 5.88 Å². The molecule has 3 rings (SSSR count). The van der Waals surface area contributed by atoms with Crippen molar-refractivity contribution in [2.75, 3.05) is 13.2 Å². The second kappa shape index (κ2) is 8.27. The summed E-state index contributed by atoms with van der Waals surface area (Å²) in [4.78, 5) is 31.3. The fourth-order valence-corrected chi connectivity index (χ4v) is 4.77. The zero-order chi connectivity index (χ0) is 20.5. The Kier molecular flexibility index (Phi) is 6.17. The molecule has 1 saturated carbocycles. The molecule has 0 N–H and O–H groups in total. The number of carbonyl (C=O) groups is 2. The highest BCUT2D eigenvalue weighted by Gasteiger charge is 2.43. The van der Waals surface area contributed by atoms with E-state index in [4.69, 9.17) is 14.2 Å².